The lowest BCUT2D eigenvalue weighted by Gasteiger charge is -2.07. The molecular formula is C18H27ClN2. The molecule has 0 amide bonds. The summed E-state index contributed by atoms with van der Waals surface area (Å²) in [4.78, 5) is 0. The molecule has 0 bridgehead atoms. The van der Waals surface area contributed by atoms with Gasteiger partial charge >= 0.3 is 0 Å². The molecule has 2 nitrogen and oxygen atoms in total. The number of hydrogen-bond acceptors (Lipinski definition) is 1. The lowest BCUT2D eigenvalue weighted by atomic mass is 10.1. The molecule has 1 heterocycles. The number of aryl methyl sites for hydroxylation is 1. The highest BCUT2D eigenvalue weighted by Crippen LogP contribution is 2.25. The molecule has 3 heteroatoms. The van der Waals surface area contributed by atoms with Gasteiger partial charge in [-0.15, -0.1) is 0 Å². The van der Waals surface area contributed by atoms with Crippen LogP contribution >= 0.6 is 11.6 Å². The minimum Gasteiger partial charge on any atom is -0.347 e. The quantitative estimate of drug-likeness (QED) is 0.661. The molecule has 2 rings (SSSR count). The van der Waals surface area contributed by atoms with Crippen LogP contribution < -0.4 is 5.32 Å². The predicted octanol–water partition coefficient (Wildman–Crippen LogP) is 5.23. The van der Waals surface area contributed by atoms with Gasteiger partial charge in [0.2, 0.25) is 0 Å². The molecule has 0 atom stereocenters. The van der Waals surface area contributed by atoms with E-state index in [2.05, 4.69) is 49.0 Å². The molecule has 21 heavy (non-hydrogen) atoms. The first-order valence-electron chi connectivity index (χ1n) is 8.09. The molecule has 0 aliphatic rings. The fourth-order valence-electron chi connectivity index (χ4n) is 2.74. The zero-order valence-corrected chi connectivity index (χ0v) is 14.2. The minimum atomic E-state index is 0.765. The van der Waals surface area contributed by atoms with E-state index in [9.17, 15) is 0 Å². The van der Waals surface area contributed by atoms with Crippen LogP contribution in [0, 0.1) is 5.92 Å². The predicted molar refractivity (Wildman–Crippen MR) is 93.0 cm³/mol. The van der Waals surface area contributed by atoms with Crippen LogP contribution in [0.25, 0.3) is 10.9 Å². The molecule has 1 aromatic carbocycles. The van der Waals surface area contributed by atoms with Gasteiger partial charge in [0.15, 0.2) is 0 Å². The van der Waals surface area contributed by atoms with Crippen molar-refractivity contribution >= 4 is 22.5 Å². The van der Waals surface area contributed by atoms with Crippen molar-refractivity contribution in [2.45, 2.75) is 53.1 Å². The molecule has 0 saturated carbocycles. The summed E-state index contributed by atoms with van der Waals surface area (Å²) < 4.78 is 2.37. The molecule has 0 spiro atoms. The summed E-state index contributed by atoms with van der Waals surface area (Å²) in [7, 11) is 0. The van der Waals surface area contributed by atoms with Crippen molar-refractivity contribution in [2.75, 3.05) is 6.54 Å². The van der Waals surface area contributed by atoms with Gasteiger partial charge in [0.1, 0.15) is 0 Å². The van der Waals surface area contributed by atoms with E-state index in [1.54, 1.807) is 0 Å². The molecule has 1 aromatic heterocycles. The maximum absolute atomic E-state index is 6.18. The van der Waals surface area contributed by atoms with Crippen molar-refractivity contribution in [2.24, 2.45) is 5.92 Å². The number of rotatable bonds is 8. The first-order chi connectivity index (χ1) is 10.1. The van der Waals surface area contributed by atoms with Gasteiger partial charge in [-0.2, -0.15) is 0 Å². The van der Waals surface area contributed by atoms with Gasteiger partial charge in [0.05, 0.1) is 0 Å². The normalized spacial score (nSPS) is 11.7. The molecule has 0 aliphatic heterocycles. The number of aromatic nitrogens is 1. The van der Waals surface area contributed by atoms with Crippen molar-refractivity contribution in [3.05, 3.63) is 35.0 Å². The maximum Gasteiger partial charge on any atom is 0.0498 e. The van der Waals surface area contributed by atoms with Gasteiger partial charge in [-0.05, 0) is 49.4 Å². The van der Waals surface area contributed by atoms with Crippen LogP contribution in [0.4, 0.5) is 0 Å². The van der Waals surface area contributed by atoms with E-state index in [4.69, 9.17) is 11.6 Å². The summed E-state index contributed by atoms with van der Waals surface area (Å²) in [6.07, 6.45) is 5.95. The number of nitrogens with one attached hydrogen (secondary N) is 1. The second-order valence-electron chi connectivity index (χ2n) is 6.22. The van der Waals surface area contributed by atoms with Crippen LogP contribution in [0.5, 0.6) is 0 Å². The molecule has 0 fully saturated rings. The molecule has 1 N–H and O–H groups in total. The first-order valence-corrected chi connectivity index (χ1v) is 8.47. The Labute approximate surface area is 133 Å². The third-order valence-corrected chi connectivity index (χ3v) is 4.08. The van der Waals surface area contributed by atoms with Crippen molar-refractivity contribution in [3.8, 4) is 0 Å². The minimum absolute atomic E-state index is 0.765. The fourth-order valence-corrected chi connectivity index (χ4v) is 2.90. The summed E-state index contributed by atoms with van der Waals surface area (Å²) in [5, 5.41) is 5.64. The first kappa shape index (κ1) is 16.4. The van der Waals surface area contributed by atoms with Gasteiger partial charge in [-0.1, -0.05) is 38.4 Å². The zero-order chi connectivity index (χ0) is 15.2. The second kappa shape index (κ2) is 7.86. The maximum atomic E-state index is 6.18. The molecule has 0 aliphatic carbocycles. The zero-order valence-electron chi connectivity index (χ0n) is 13.5. The van der Waals surface area contributed by atoms with Crippen LogP contribution in [0.1, 0.15) is 45.6 Å². The van der Waals surface area contributed by atoms with E-state index in [1.807, 2.05) is 6.07 Å². The standard InChI is InChI=1S/C18H27ClN2/c1-4-9-20-12-15-13-21(10-5-6-14(2)3)18-11-16(19)7-8-17(15)18/h7-8,11,13-14,20H,4-6,9-10,12H2,1-3H3. The van der Waals surface area contributed by atoms with E-state index < -0.39 is 0 Å². The van der Waals surface area contributed by atoms with Gasteiger partial charge in [0, 0.05) is 35.2 Å². The van der Waals surface area contributed by atoms with E-state index >= 15 is 0 Å². The fraction of sp³-hybridized carbons (Fsp3) is 0.556. The SMILES string of the molecule is CCCNCc1cn(CCCC(C)C)c2cc(Cl)ccc12. The van der Waals surface area contributed by atoms with Crippen LogP contribution in [-0.4, -0.2) is 11.1 Å². The average Bonchev–Trinajstić information content (AvgIpc) is 2.76. The number of fused-ring (bicyclic) bond motifs is 1. The Morgan fingerprint density at radius 2 is 2.10 bits per heavy atom. The van der Waals surface area contributed by atoms with E-state index in [-0.39, 0.29) is 0 Å². The van der Waals surface area contributed by atoms with Crippen LogP contribution in [0.3, 0.4) is 0 Å². The number of benzene rings is 1. The van der Waals surface area contributed by atoms with Crippen molar-refractivity contribution in [1.82, 2.24) is 9.88 Å². The van der Waals surface area contributed by atoms with Crippen LogP contribution in [0.15, 0.2) is 24.4 Å². The Morgan fingerprint density at radius 1 is 1.29 bits per heavy atom. The third kappa shape index (κ3) is 4.49. The van der Waals surface area contributed by atoms with Gasteiger partial charge in [0.25, 0.3) is 0 Å². The Morgan fingerprint density at radius 3 is 2.81 bits per heavy atom. The molecular weight excluding hydrogens is 280 g/mol. The summed E-state index contributed by atoms with van der Waals surface area (Å²) in [6.45, 7) is 9.83. The highest BCUT2D eigenvalue weighted by Gasteiger charge is 2.09. The Bertz CT molecular complexity index is 572. The highest BCUT2D eigenvalue weighted by molar-refractivity contribution is 6.31. The average molecular weight is 307 g/mol. The van der Waals surface area contributed by atoms with Gasteiger partial charge < -0.3 is 9.88 Å². The molecule has 2 aromatic rings. The number of hydrogen-bond donors (Lipinski definition) is 1. The lowest BCUT2D eigenvalue weighted by Crippen LogP contribution is -2.13. The van der Waals surface area contributed by atoms with E-state index in [0.717, 1.165) is 30.6 Å². The number of nitrogens with zero attached hydrogens (tertiary/aromatic N) is 1. The Kier molecular flexibility index (Phi) is 6.13. The largest absolute Gasteiger partial charge is 0.347 e. The van der Waals surface area contributed by atoms with Crippen LogP contribution in [-0.2, 0) is 13.1 Å². The van der Waals surface area contributed by atoms with Crippen LogP contribution in [0.2, 0.25) is 5.02 Å². The summed E-state index contributed by atoms with van der Waals surface area (Å²) in [5.41, 5.74) is 2.64. The lowest BCUT2D eigenvalue weighted by molar-refractivity contribution is 0.517. The van der Waals surface area contributed by atoms with Gasteiger partial charge in [-0.3, -0.25) is 0 Å². The van der Waals surface area contributed by atoms with Gasteiger partial charge in [-0.25, -0.2) is 0 Å². The summed E-state index contributed by atoms with van der Waals surface area (Å²) in [5.74, 6) is 0.765. The van der Waals surface area contributed by atoms with Crippen molar-refractivity contribution in [1.29, 1.82) is 0 Å². The topological polar surface area (TPSA) is 17.0 Å². The number of halogens is 1. The van der Waals surface area contributed by atoms with Crippen molar-refractivity contribution in [3.63, 3.8) is 0 Å². The highest BCUT2D eigenvalue weighted by atomic mass is 35.5. The smallest absolute Gasteiger partial charge is 0.0498 e. The Balaban J connectivity index is 2.20. The van der Waals surface area contributed by atoms with Crippen molar-refractivity contribution < 1.29 is 0 Å². The monoisotopic (exact) mass is 306 g/mol. The Hall–Kier alpha value is -0.990. The third-order valence-electron chi connectivity index (χ3n) is 3.85. The molecule has 116 valence electrons. The molecule has 0 radical (unpaired) electrons. The molecule has 0 saturated heterocycles. The summed E-state index contributed by atoms with van der Waals surface area (Å²) >= 11 is 6.18. The van der Waals surface area contributed by atoms with E-state index in [1.165, 1.54) is 35.7 Å². The summed E-state index contributed by atoms with van der Waals surface area (Å²) in [6, 6.07) is 6.24. The second-order valence-corrected chi connectivity index (χ2v) is 6.66. The van der Waals surface area contributed by atoms with E-state index in [0.29, 0.717) is 0 Å². The molecule has 0 unspecified atom stereocenters.